The van der Waals surface area contributed by atoms with Crippen molar-refractivity contribution in [2.24, 2.45) is 7.05 Å². The topological polar surface area (TPSA) is 66.0 Å². The molecular formula is C14H13FN4O2. The minimum Gasteiger partial charge on any atom is -0.441 e. The molecule has 0 fully saturated rings. The molecule has 0 bridgehead atoms. The van der Waals surface area contributed by atoms with Crippen molar-refractivity contribution in [2.75, 3.05) is 0 Å². The molecule has 21 heavy (non-hydrogen) atoms. The van der Waals surface area contributed by atoms with Crippen LogP contribution in [0, 0.1) is 5.82 Å². The molecule has 0 aliphatic carbocycles. The Balaban J connectivity index is 1.61. The quantitative estimate of drug-likeness (QED) is 0.719. The molecule has 0 saturated carbocycles. The van der Waals surface area contributed by atoms with Gasteiger partial charge in [0.25, 0.3) is 0 Å². The Morgan fingerprint density at radius 3 is 2.81 bits per heavy atom. The van der Waals surface area contributed by atoms with Gasteiger partial charge in [0.1, 0.15) is 11.6 Å². The van der Waals surface area contributed by atoms with Gasteiger partial charge in [0.2, 0.25) is 0 Å². The van der Waals surface area contributed by atoms with E-state index >= 15 is 0 Å². The van der Waals surface area contributed by atoms with Crippen molar-refractivity contribution in [3.05, 3.63) is 59.7 Å². The Morgan fingerprint density at radius 1 is 1.29 bits per heavy atom. The lowest BCUT2D eigenvalue weighted by Crippen LogP contribution is -2.03. The number of benzene rings is 1. The molecule has 0 radical (unpaired) electrons. The summed E-state index contributed by atoms with van der Waals surface area (Å²) >= 11 is 0. The van der Waals surface area contributed by atoms with Crippen LogP contribution in [0.1, 0.15) is 17.2 Å². The monoisotopic (exact) mass is 288 g/mol. The van der Waals surface area contributed by atoms with Crippen LogP contribution in [0.25, 0.3) is 0 Å². The smallest absolute Gasteiger partial charge is 0.417 e. The van der Waals surface area contributed by atoms with E-state index in [0.717, 1.165) is 11.4 Å². The van der Waals surface area contributed by atoms with E-state index in [-0.39, 0.29) is 18.5 Å². The third kappa shape index (κ3) is 3.25. The van der Waals surface area contributed by atoms with Crippen LogP contribution in [0.3, 0.4) is 0 Å². The number of hydrogen-bond donors (Lipinski definition) is 0. The highest BCUT2D eigenvalue weighted by Crippen LogP contribution is 2.12. The van der Waals surface area contributed by atoms with Crippen LogP contribution in [-0.2, 0) is 20.1 Å². The fourth-order valence-corrected chi connectivity index (χ4v) is 1.82. The van der Waals surface area contributed by atoms with Crippen LogP contribution < -0.4 is 4.74 Å². The van der Waals surface area contributed by atoms with Gasteiger partial charge in [0, 0.05) is 25.9 Å². The number of hydrogen-bond acceptors (Lipinski definition) is 5. The van der Waals surface area contributed by atoms with Crippen LogP contribution in [0.4, 0.5) is 4.39 Å². The lowest BCUT2D eigenvalue weighted by Gasteiger charge is -2.00. The first kappa shape index (κ1) is 13.3. The molecule has 0 spiro atoms. The van der Waals surface area contributed by atoms with Gasteiger partial charge in [-0.25, -0.2) is 9.37 Å². The number of aromatic nitrogens is 4. The summed E-state index contributed by atoms with van der Waals surface area (Å²) in [7, 11) is 1.87. The summed E-state index contributed by atoms with van der Waals surface area (Å²) in [6, 6.07) is 6.15. The Bertz CT molecular complexity index is 721. The zero-order valence-corrected chi connectivity index (χ0v) is 11.4. The van der Waals surface area contributed by atoms with Crippen LogP contribution >= 0.6 is 0 Å². The van der Waals surface area contributed by atoms with Crippen LogP contribution in [-0.4, -0.2) is 19.7 Å². The molecule has 0 amide bonds. The first-order valence-electron chi connectivity index (χ1n) is 6.37. The Labute approximate surface area is 120 Å². The molecule has 0 saturated heterocycles. The second-order valence-corrected chi connectivity index (χ2v) is 4.52. The van der Waals surface area contributed by atoms with Gasteiger partial charge in [-0.2, -0.15) is 4.98 Å². The number of halogens is 1. The zero-order valence-electron chi connectivity index (χ0n) is 11.4. The van der Waals surface area contributed by atoms with E-state index in [4.69, 9.17) is 9.26 Å². The SMILES string of the molecule is Cn1ccnc1COc1nc(Cc2ccc(F)cc2)no1. The van der Waals surface area contributed by atoms with Gasteiger partial charge in [-0.1, -0.05) is 17.3 Å². The van der Waals surface area contributed by atoms with Crippen molar-refractivity contribution in [3.63, 3.8) is 0 Å². The first-order chi connectivity index (χ1) is 10.2. The van der Waals surface area contributed by atoms with Crippen LogP contribution in [0.2, 0.25) is 0 Å². The maximum atomic E-state index is 12.8. The zero-order chi connectivity index (χ0) is 14.7. The molecule has 0 N–H and O–H groups in total. The molecule has 0 unspecified atom stereocenters. The molecule has 0 aliphatic heterocycles. The number of nitrogens with zero attached hydrogens (tertiary/aromatic N) is 4. The normalized spacial score (nSPS) is 10.8. The molecule has 2 aromatic heterocycles. The van der Waals surface area contributed by atoms with Gasteiger partial charge in [-0.3, -0.25) is 4.52 Å². The van der Waals surface area contributed by atoms with Gasteiger partial charge < -0.3 is 9.30 Å². The fourth-order valence-electron chi connectivity index (χ4n) is 1.82. The standard InChI is InChI=1S/C14H13FN4O2/c1-19-7-6-16-13(19)9-20-14-17-12(18-21-14)8-10-2-4-11(15)5-3-10/h2-7H,8-9H2,1H3. The summed E-state index contributed by atoms with van der Waals surface area (Å²) in [4.78, 5) is 8.25. The average molecular weight is 288 g/mol. The molecule has 108 valence electrons. The van der Waals surface area contributed by atoms with Crippen LogP contribution in [0.5, 0.6) is 6.08 Å². The predicted molar refractivity (Wildman–Crippen MR) is 71.0 cm³/mol. The maximum Gasteiger partial charge on any atom is 0.417 e. The molecule has 3 rings (SSSR count). The lowest BCUT2D eigenvalue weighted by molar-refractivity contribution is 0.188. The maximum absolute atomic E-state index is 12.8. The molecule has 1 aromatic carbocycles. The summed E-state index contributed by atoms with van der Waals surface area (Å²) in [5.41, 5.74) is 0.896. The highest BCUT2D eigenvalue weighted by molar-refractivity contribution is 5.19. The van der Waals surface area contributed by atoms with E-state index in [1.165, 1.54) is 12.1 Å². The summed E-state index contributed by atoms with van der Waals surface area (Å²) < 4.78 is 25.1. The van der Waals surface area contributed by atoms with Crippen molar-refractivity contribution >= 4 is 0 Å². The van der Waals surface area contributed by atoms with Gasteiger partial charge >= 0.3 is 6.08 Å². The molecule has 0 aliphatic rings. The Kier molecular flexibility index (Phi) is 3.63. The van der Waals surface area contributed by atoms with E-state index in [2.05, 4.69) is 15.1 Å². The minimum atomic E-state index is -0.272. The molecule has 3 aromatic rings. The van der Waals surface area contributed by atoms with Crippen molar-refractivity contribution in [1.29, 1.82) is 0 Å². The van der Waals surface area contributed by atoms with Gasteiger partial charge in [0.15, 0.2) is 12.4 Å². The summed E-state index contributed by atoms with van der Waals surface area (Å²) in [6.45, 7) is 0.252. The Hall–Kier alpha value is -2.70. The van der Waals surface area contributed by atoms with E-state index in [1.807, 2.05) is 17.8 Å². The third-order valence-electron chi connectivity index (χ3n) is 2.97. The molecule has 2 heterocycles. The number of aryl methyl sites for hydroxylation is 1. The van der Waals surface area contributed by atoms with Crippen molar-refractivity contribution in [2.45, 2.75) is 13.0 Å². The second kappa shape index (κ2) is 5.74. The van der Waals surface area contributed by atoms with E-state index in [0.29, 0.717) is 12.2 Å². The van der Waals surface area contributed by atoms with Crippen molar-refractivity contribution < 1.29 is 13.7 Å². The average Bonchev–Trinajstić information content (AvgIpc) is 3.08. The molecule has 6 nitrogen and oxygen atoms in total. The van der Waals surface area contributed by atoms with Gasteiger partial charge in [-0.05, 0) is 17.7 Å². The predicted octanol–water partition coefficient (Wildman–Crippen LogP) is 2.11. The molecule has 0 atom stereocenters. The number of ether oxygens (including phenoxy) is 1. The lowest BCUT2D eigenvalue weighted by atomic mass is 10.1. The molecule has 7 heteroatoms. The second-order valence-electron chi connectivity index (χ2n) is 4.52. The molecular weight excluding hydrogens is 275 g/mol. The van der Waals surface area contributed by atoms with Gasteiger partial charge in [0.05, 0.1) is 0 Å². The van der Waals surface area contributed by atoms with Crippen molar-refractivity contribution in [1.82, 2.24) is 19.7 Å². The van der Waals surface area contributed by atoms with Crippen molar-refractivity contribution in [3.8, 4) is 6.08 Å². The third-order valence-corrected chi connectivity index (χ3v) is 2.97. The van der Waals surface area contributed by atoms with E-state index in [1.54, 1.807) is 18.3 Å². The van der Waals surface area contributed by atoms with Crippen LogP contribution in [0.15, 0.2) is 41.2 Å². The highest BCUT2D eigenvalue weighted by Gasteiger charge is 2.09. The Morgan fingerprint density at radius 2 is 2.10 bits per heavy atom. The van der Waals surface area contributed by atoms with E-state index < -0.39 is 0 Å². The summed E-state index contributed by atoms with van der Waals surface area (Å²) in [5, 5.41) is 3.82. The van der Waals surface area contributed by atoms with Gasteiger partial charge in [-0.15, -0.1) is 0 Å². The van der Waals surface area contributed by atoms with E-state index in [9.17, 15) is 4.39 Å². The first-order valence-corrected chi connectivity index (χ1v) is 6.37. The summed E-state index contributed by atoms with van der Waals surface area (Å²) in [6.07, 6.45) is 4.06. The highest BCUT2D eigenvalue weighted by atomic mass is 19.1. The summed E-state index contributed by atoms with van der Waals surface area (Å²) in [5.74, 6) is 0.968. The fraction of sp³-hybridized carbons (Fsp3) is 0.214. The minimum absolute atomic E-state index is 0.0927. The largest absolute Gasteiger partial charge is 0.441 e. The number of imidazole rings is 1. The number of rotatable bonds is 5.